The number of aromatic nitrogens is 1. The molecular weight excluding hydrogens is 363 g/mol. The van der Waals surface area contributed by atoms with Crippen LogP contribution in [0.1, 0.15) is 43.2 Å². The molecule has 1 amide bonds. The minimum atomic E-state index is -2.01. The lowest BCUT2D eigenvalue weighted by Gasteiger charge is -2.19. The van der Waals surface area contributed by atoms with Crippen molar-refractivity contribution in [2.75, 3.05) is 6.54 Å². The molecule has 0 aliphatic rings. The van der Waals surface area contributed by atoms with Crippen LogP contribution in [0.2, 0.25) is 0 Å². The molecule has 8 heteroatoms. The van der Waals surface area contributed by atoms with Gasteiger partial charge in [0.05, 0.1) is 5.69 Å². The molecule has 0 bridgehead atoms. The van der Waals surface area contributed by atoms with Crippen molar-refractivity contribution in [1.29, 1.82) is 0 Å². The first-order valence-corrected chi connectivity index (χ1v) is 7.88. The second kappa shape index (κ2) is 7.96. The van der Waals surface area contributed by atoms with Crippen molar-refractivity contribution in [2.24, 2.45) is 0 Å². The molecule has 2 N–H and O–H groups in total. The molecular formula is C15H17Cl3N2O3. The van der Waals surface area contributed by atoms with Crippen LogP contribution in [0.15, 0.2) is 12.3 Å². The molecule has 0 aromatic carbocycles. The highest BCUT2D eigenvalue weighted by Crippen LogP contribution is 2.30. The topological polar surface area (TPSA) is 71.2 Å². The van der Waals surface area contributed by atoms with Crippen molar-refractivity contribution < 1.29 is 14.3 Å². The number of aromatic amines is 1. The summed E-state index contributed by atoms with van der Waals surface area (Å²) in [6, 6.07) is 1.50. The van der Waals surface area contributed by atoms with Gasteiger partial charge < -0.3 is 15.0 Å². The van der Waals surface area contributed by atoms with E-state index in [9.17, 15) is 9.59 Å². The summed E-state index contributed by atoms with van der Waals surface area (Å²) in [5, 5.41) is 2.59. The number of nitrogens with one attached hydrogen (secondary N) is 2. The fraction of sp³-hybridized carbons (Fsp3) is 0.467. The number of alkyl carbamates (subject to hydrolysis) is 1. The maximum Gasteiger partial charge on any atom is 0.407 e. The van der Waals surface area contributed by atoms with Crippen LogP contribution in [0.25, 0.3) is 0 Å². The van der Waals surface area contributed by atoms with E-state index in [1.165, 1.54) is 12.3 Å². The van der Waals surface area contributed by atoms with Crippen molar-refractivity contribution >= 4 is 46.7 Å². The molecule has 1 heterocycles. The minimum absolute atomic E-state index is 0.168. The highest BCUT2D eigenvalue weighted by atomic mass is 35.6. The molecule has 0 saturated carbocycles. The number of carbonyl (C=O) groups is 2. The van der Waals surface area contributed by atoms with Crippen molar-refractivity contribution in [2.45, 2.75) is 36.6 Å². The summed E-state index contributed by atoms with van der Waals surface area (Å²) in [5.41, 5.74) is 0.216. The van der Waals surface area contributed by atoms with Crippen LogP contribution in [0.3, 0.4) is 0 Å². The summed E-state index contributed by atoms with van der Waals surface area (Å²) in [4.78, 5) is 25.8. The Labute approximate surface area is 150 Å². The normalized spacial score (nSPS) is 11.4. The lowest BCUT2D eigenvalue weighted by Crippen LogP contribution is -2.32. The number of Topliss-reactive ketones (excluding diaryl/α,β-unsaturated/α-hetero) is 1. The second-order valence-corrected chi connectivity index (χ2v) is 7.89. The van der Waals surface area contributed by atoms with E-state index in [0.29, 0.717) is 18.5 Å². The van der Waals surface area contributed by atoms with Gasteiger partial charge in [-0.05, 0) is 26.8 Å². The summed E-state index contributed by atoms with van der Waals surface area (Å²) >= 11 is 16.6. The van der Waals surface area contributed by atoms with E-state index in [2.05, 4.69) is 22.1 Å². The van der Waals surface area contributed by atoms with Crippen LogP contribution < -0.4 is 5.32 Å². The molecule has 1 aromatic heterocycles. The molecule has 5 nitrogen and oxygen atoms in total. The van der Waals surface area contributed by atoms with Gasteiger partial charge in [0.15, 0.2) is 0 Å². The third-order valence-electron chi connectivity index (χ3n) is 2.34. The number of amides is 1. The predicted octanol–water partition coefficient (Wildman–Crippen LogP) is 3.83. The highest BCUT2D eigenvalue weighted by molar-refractivity contribution is 6.77. The number of carbonyl (C=O) groups excluding carboxylic acids is 2. The Hall–Kier alpha value is -1.35. The first-order chi connectivity index (χ1) is 10.5. The lowest BCUT2D eigenvalue weighted by atomic mass is 10.2. The van der Waals surface area contributed by atoms with Gasteiger partial charge in [0.2, 0.25) is 5.78 Å². The van der Waals surface area contributed by atoms with Gasteiger partial charge in [0.25, 0.3) is 3.79 Å². The molecule has 0 aliphatic heterocycles. The zero-order valence-corrected chi connectivity index (χ0v) is 15.2. The number of hydrogen-bond acceptors (Lipinski definition) is 3. The number of alkyl halides is 3. The van der Waals surface area contributed by atoms with Gasteiger partial charge in [0, 0.05) is 24.7 Å². The van der Waals surface area contributed by atoms with Crippen LogP contribution in [-0.2, 0) is 4.74 Å². The summed E-state index contributed by atoms with van der Waals surface area (Å²) in [6.45, 7) is 5.71. The van der Waals surface area contributed by atoms with Gasteiger partial charge in [-0.1, -0.05) is 46.6 Å². The molecule has 0 atom stereocenters. The van der Waals surface area contributed by atoms with E-state index in [1.807, 2.05) is 0 Å². The first kappa shape index (κ1) is 19.7. The third kappa shape index (κ3) is 7.65. The zero-order chi connectivity index (χ0) is 17.7. The van der Waals surface area contributed by atoms with E-state index in [1.54, 1.807) is 20.8 Å². The second-order valence-electron chi connectivity index (χ2n) is 5.61. The zero-order valence-electron chi connectivity index (χ0n) is 12.9. The number of ether oxygens (including phenoxy) is 1. The van der Waals surface area contributed by atoms with E-state index >= 15 is 0 Å². The molecule has 1 rings (SSSR count). The Morgan fingerprint density at radius 1 is 1.30 bits per heavy atom. The number of ketones is 1. The monoisotopic (exact) mass is 378 g/mol. The number of H-pyrrole nitrogens is 1. The Balaban J connectivity index is 2.45. The van der Waals surface area contributed by atoms with Gasteiger partial charge in [-0.3, -0.25) is 4.79 Å². The van der Waals surface area contributed by atoms with Crippen molar-refractivity contribution in [3.8, 4) is 11.8 Å². The minimum Gasteiger partial charge on any atom is -0.444 e. The summed E-state index contributed by atoms with van der Waals surface area (Å²) in [7, 11) is 0. The standard InChI is InChI=1S/C15H17Cl3N2O3/c1-14(2,3)23-13(22)19-7-5-4-6-10-8-11(20-9-10)12(21)15(16,17)18/h8-9,20H,5,7H2,1-3H3,(H,19,22). The van der Waals surface area contributed by atoms with Gasteiger partial charge in [-0.2, -0.15) is 0 Å². The Morgan fingerprint density at radius 3 is 2.52 bits per heavy atom. The molecule has 0 unspecified atom stereocenters. The maximum absolute atomic E-state index is 11.7. The largest absolute Gasteiger partial charge is 0.444 e. The van der Waals surface area contributed by atoms with E-state index in [0.717, 1.165) is 0 Å². The molecule has 0 spiro atoms. The third-order valence-corrected chi connectivity index (χ3v) is 2.85. The van der Waals surface area contributed by atoms with Gasteiger partial charge in [-0.25, -0.2) is 4.79 Å². The van der Waals surface area contributed by atoms with Crippen molar-refractivity contribution in [3.63, 3.8) is 0 Å². The Morgan fingerprint density at radius 2 is 1.96 bits per heavy atom. The van der Waals surface area contributed by atoms with E-state index < -0.39 is 21.3 Å². The average molecular weight is 380 g/mol. The number of rotatable bonds is 3. The Kier molecular flexibility index (Phi) is 6.82. The molecule has 0 aliphatic carbocycles. The average Bonchev–Trinajstić information content (AvgIpc) is 2.82. The van der Waals surface area contributed by atoms with Gasteiger partial charge >= 0.3 is 6.09 Å². The predicted molar refractivity (Wildman–Crippen MR) is 91.1 cm³/mol. The van der Waals surface area contributed by atoms with E-state index in [4.69, 9.17) is 39.5 Å². The fourth-order valence-corrected chi connectivity index (χ4v) is 1.76. The molecule has 23 heavy (non-hydrogen) atoms. The van der Waals surface area contributed by atoms with Gasteiger partial charge in [0.1, 0.15) is 5.60 Å². The molecule has 0 saturated heterocycles. The number of halogens is 3. The summed E-state index contributed by atoms with van der Waals surface area (Å²) in [6.07, 6.45) is 1.48. The van der Waals surface area contributed by atoms with Crippen LogP contribution in [0, 0.1) is 11.8 Å². The molecule has 1 aromatic rings. The van der Waals surface area contributed by atoms with Crippen LogP contribution in [-0.4, -0.2) is 32.8 Å². The highest BCUT2D eigenvalue weighted by Gasteiger charge is 2.32. The van der Waals surface area contributed by atoms with Crippen LogP contribution >= 0.6 is 34.8 Å². The van der Waals surface area contributed by atoms with Gasteiger partial charge in [-0.15, -0.1) is 0 Å². The summed E-state index contributed by atoms with van der Waals surface area (Å²) < 4.78 is 3.08. The quantitative estimate of drug-likeness (QED) is 0.363. The first-order valence-electron chi connectivity index (χ1n) is 6.75. The SMILES string of the molecule is CC(C)(C)OC(=O)NCCC#Cc1c[nH]c(C(=O)C(Cl)(Cl)Cl)c1. The Bertz CT molecular complexity index is 631. The molecule has 0 radical (unpaired) electrons. The van der Waals surface area contributed by atoms with Crippen molar-refractivity contribution in [1.82, 2.24) is 10.3 Å². The maximum atomic E-state index is 11.7. The summed E-state index contributed by atoms with van der Waals surface area (Å²) in [5.74, 6) is 5.05. The smallest absolute Gasteiger partial charge is 0.407 e. The molecule has 126 valence electrons. The van der Waals surface area contributed by atoms with E-state index in [-0.39, 0.29) is 5.69 Å². The van der Waals surface area contributed by atoms with Crippen LogP contribution in [0.4, 0.5) is 4.79 Å². The molecule has 0 fully saturated rings. The van der Waals surface area contributed by atoms with Crippen LogP contribution in [0.5, 0.6) is 0 Å². The van der Waals surface area contributed by atoms with Crippen molar-refractivity contribution in [3.05, 3.63) is 23.5 Å². The lowest BCUT2D eigenvalue weighted by molar-refractivity contribution is 0.0529. The fourth-order valence-electron chi connectivity index (χ4n) is 1.46. The number of hydrogen-bond donors (Lipinski definition) is 2.